The third kappa shape index (κ3) is 2.97. The Balaban J connectivity index is 2.27. The normalized spacial score (nSPS) is 12.1. The van der Waals surface area contributed by atoms with Gasteiger partial charge in [-0.25, -0.2) is 9.97 Å². The molecule has 0 spiro atoms. The van der Waals surface area contributed by atoms with Crippen LogP contribution in [0.4, 0.5) is 17.3 Å². The van der Waals surface area contributed by atoms with Crippen molar-refractivity contribution < 1.29 is 4.92 Å². The summed E-state index contributed by atoms with van der Waals surface area (Å²) in [6.07, 6.45) is 0. The van der Waals surface area contributed by atoms with E-state index >= 15 is 0 Å². The average Bonchev–Trinajstić information content (AvgIpc) is 2.75. The highest BCUT2D eigenvalue weighted by molar-refractivity contribution is 7.09. The summed E-state index contributed by atoms with van der Waals surface area (Å²) in [5.74, 6) is 0.390. The average molecular weight is 279 g/mol. The van der Waals surface area contributed by atoms with Crippen LogP contribution in [-0.2, 0) is 0 Å². The lowest BCUT2D eigenvalue weighted by atomic mass is 10.3. The second kappa shape index (κ2) is 5.19. The number of nitrogens with zero attached hydrogens (tertiary/aromatic N) is 3. The van der Waals surface area contributed by atoms with Gasteiger partial charge in [0.2, 0.25) is 5.82 Å². The first-order valence-electron chi connectivity index (χ1n) is 5.57. The number of aromatic nitrogens is 2. The molecule has 100 valence electrons. The van der Waals surface area contributed by atoms with Gasteiger partial charge in [-0.15, -0.1) is 11.3 Å². The van der Waals surface area contributed by atoms with Gasteiger partial charge in [0.15, 0.2) is 0 Å². The lowest BCUT2D eigenvalue weighted by Crippen LogP contribution is -2.10. The van der Waals surface area contributed by atoms with E-state index in [0.29, 0.717) is 0 Å². The van der Waals surface area contributed by atoms with Crippen molar-refractivity contribution in [2.24, 2.45) is 0 Å². The van der Waals surface area contributed by atoms with Gasteiger partial charge < -0.3 is 11.1 Å². The molecule has 0 aliphatic carbocycles. The van der Waals surface area contributed by atoms with Crippen LogP contribution in [0.15, 0.2) is 17.5 Å². The van der Waals surface area contributed by atoms with Crippen LogP contribution < -0.4 is 11.1 Å². The number of hydrogen-bond donors (Lipinski definition) is 2. The van der Waals surface area contributed by atoms with Gasteiger partial charge in [-0.1, -0.05) is 0 Å². The molecule has 2 rings (SSSR count). The number of thiazole rings is 1. The van der Waals surface area contributed by atoms with Gasteiger partial charge in [0.1, 0.15) is 10.8 Å². The number of anilines is 2. The van der Waals surface area contributed by atoms with Gasteiger partial charge in [0, 0.05) is 17.1 Å². The molecule has 0 aliphatic rings. The fourth-order valence-electron chi connectivity index (χ4n) is 1.56. The topological polar surface area (TPSA) is 107 Å². The molecular formula is C11H13N5O2S. The van der Waals surface area contributed by atoms with E-state index in [1.807, 2.05) is 19.2 Å². The molecule has 1 atom stereocenters. The summed E-state index contributed by atoms with van der Waals surface area (Å²) in [5.41, 5.74) is 6.38. The third-order valence-electron chi connectivity index (χ3n) is 2.45. The van der Waals surface area contributed by atoms with Crippen LogP contribution in [0.25, 0.3) is 0 Å². The van der Waals surface area contributed by atoms with Crippen molar-refractivity contribution in [3.63, 3.8) is 0 Å². The minimum atomic E-state index is -0.491. The highest BCUT2D eigenvalue weighted by Crippen LogP contribution is 2.28. The maximum absolute atomic E-state index is 10.9. The molecular weight excluding hydrogens is 266 g/mol. The lowest BCUT2D eigenvalue weighted by molar-refractivity contribution is -0.384. The maximum Gasteiger partial charge on any atom is 0.311 e. The van der Waals surface area contributed by atoms with Gasteiger partial charge in [0.25, 0.3) is 0 Å². The standard InChI is InChI=1S/C11H13N5O2S/c1-6-5-19-11(13-6)7(2)14-10-8(16(17)18)3-4-9(12)15-10/h3-5,7H,1-2H3,(H3,12,14,15). The number of pyridine rings is 1. The second-order valence-corrected chi connectivity index (χ2v) is 4.94. The molecule has 19 heavy (non-hydrogen) atoms. The Morgan fingerprint density at radius 1 is 1.47 bits per heavy atom. The van der Waals surface area contributed by atoms with Crippen LogP contribution in [-0.4, -0.2) is 14.9 Å². The van der Waals surface area contributed by atoms with E-state index < -0.39 is 4.92 Å². The fourth-order valence-corrected chi connectivity index (χ4v) is 2.36. The third-order valence-corrected chi connectivity index (χ3v) is 3.60. The summed E-state index contributed by atoms with van der Waals surface area (Å²) in [7, 11) is 0. The Hall–Kier alpha value is -2.22. The molecule has 2 aromatic rings. The predicted molar refractivity (Wildman–Crippen MR) is 74.2 cm³/mol. The maximum atomic E-state index is 10.9. The highest BCUT2D eigenvalue weighted by atomic mass is 32.1. The zero-order valence-corrected chi connectivity index (χ0v) is 11.3. The number of nitrogens with one attached hydrogen (secondary N) is 1. The number of nitrogen functional groups attached to an aromatic ring is 1. The molecule has 0 saturated carbocycles. The molecule has 7 nitrogen and oxygen atoms in total. The summed E-state index contributed by atoms with van der Waals surface area (Å²) in [6.45, 7) is 3.76. The number of nitrogens with two attached hydrogens (primary N) is 1. The molecule has 0 saturated heterocycles. The summed E-state index contributed by atoms with van der Waals surface area (Å²) in [6, 6.07) is 2.57. The van der Waals surface area contributed by atoms with Crippen LogP contribution >= 0.6 is 11.3 Å². The van der Waals surface area contributed by atoms with Crippen molar-refractivity contribution in [3.8, 4) is 0 Å². The Bertz CT molecular complexity index is 613. The first kappa shape index (κ1) is 13.2. The van der Waals surface area contributed by atoms with Crippen molar-refractivity contribution in [1.82, 2.24) is 9.97 Å². The number of aryl methyl sites for hydroxylation is 1. The molecule has 0 radical (unpaired) electrons. The van der Waals surface area contributed by atoms with E-state index in [1.165, 1.54) is 23.5 Å². The first-order chi connectivity index (χ1) is 8.97. The van der Waals surface area contributed by atoms with Gasteiger partial charge in [-0.05, 0) is 19.9 Å². The minimum Gasteiger partial charge on any atom is -0.384 e. The number of nitro groups is 1. The second-order valence-electron chi connectivity index (χ2n) is 4.05. The van der Waals surface area contributed by atoms with E-state index in [9.17, 15) is 10.1 Å². The van der Waals surface area contributed by atoms with E-state index in [4.69, 9.17) is 5.73 Å². The van der Waals surface area contributed by atoms with Gasteiger partial charge in [0.05, 0.1) is 11.0 Å². The smallest absolute Gasteiger partial charge is 0.311 e. The zero-order chi connectivity index (χ0) is 14.0. The molecule has 2 heterocycles. The minimum absolute atomic E-state index is 0.102. The molecule has 0 aromatic carbocycles. The quantitative estimate of drug-likeness (QED) is 0.657. The van der Waals surface area contributed by atoms with Gasteiger partial charge in [-0.2, -0.15) is 0 Å². The number of rotatable bonds is 4. The molecule has 1 unspecified atom stereocenters. The Kier molecular flexibility index (Phi) is 3.61. The van der Waals surface area contributed by atoms with Crippen LogP contribution in [0.1, 0.15) is 23.7 Å². The van der Waals surface area contributed by atoms with Crippen LogP contribution in [0.5, 0.6) is 0 Å². The van der Waals surface area contributed by atoms with Crippen molar-refractivity contribution in [1.29, 1.82) is 0 Å². The Morgan fingerprint density at radius 3 is 2.79 bits per heavy atom. The van der Waals surface area contributed by atoms with Crippen molar-refractivity contribution in [2.45, 2.75) is 19.9 Å². The van der Waals surface area contributed by atoms with Crippen LogP contribution in [0.2, 0.25) is 0 Å². The first-order valence-corrected chi connectivity index (χ1v) is 6.45. The van der Waals surface area contributed by atoms with E-state index in [-0.39, 0.29) is 23.4 Å². The van der Waals surface area contributed by atoms with Gasteiger partial charge in [-0.3, -0.25) is 10.1 Å². The Morgan fingerprint density at radius 2 is 2.21 bits per heavy atom. The number of hydrogen-bond acceptors (Lipinski definition) is 7. The zero-order valence-electron chi connectivity index (χ0n) is 10.5. The molecule has 0 bridgehead atoms. The monoisotopic (exact) mass is 279 g/mol. The fraction of sp³-hybridized carbons (Fsp3) is 0.273. The summed E-state index contributed by atoms with van der Waals surface area (Å²) < 4.78 is 0. The van der Waals surface area contributed by atoms with Crippen molar-refractivity contribution in [3.05, 3.63) is 38.3 Å². The van der Waals surface area contributed by atoms with E-state index in [1.54, 1.807) is 0 Å². The van der Waals surface area contributed by atoms with Crippen LogP contribution in [0.3, 0.4) is 0 Å². The predicted octanol–water partition coefficient (Wildman–Crippen LogP) is 2.51. The molecule has 0 fully saturated rings. The summed E-state index contributed by atoms with van der Waals surface area (Å²) >= 11 is 1.49. The van der Waals surface area contributed by atoms with Gasteiger partial charge >= 0.3 is 5.69 Å². The Labute approximate surface area is 113 Å². The molecule has 3 N–H and O–H groups in total. The van der Waals surface area contributed by atoms with Crippen LogP contribution in [0, 0.1) is 17.0 Å². The largest absolute Gasteiger partial charge is 0.384 e. The molecule has 0 aliphatic heterocycles. The molecule has 2 aromatic heterocycles. The molecule has 8 heteroatoms. The summed E-state index contributed by atoms with van der Waals surface area (Å²) in [5, 5.41) is 16.7. The van der Waals surface area contributed by atoms with E-state index in [0.717, 1.165) is 10.7 Å². The summed E-state index contributed by atoms with van der Waals surface area (Å²) in [4.78, 5) is 18.7. The lowest BCUT2D eigenvalue weighted by Gasteiger charge is -2.12. The van der Waals surface area contributed by atoms with E-state index in [2.05, 4.69) is 15.3 Å². The SMILES string of the molecule is Cc1csc(C(C)Nc2nc(N)ccc2[N+](=O)[O-])n1. The molecule has 0 amide bonds. The van der Waals surface area contributed by atoms with Crippen molar-refractivity contribution >= 4 is 28.7 Å². The van der Waals surface area contributed by atoms with Crippen molar-refractivity contribution in [2.75, 3.05) is 11.1 Å². The highest BCUT2D eigenvalue weighted by Gasteiger charge is 2.19.